The zero-order valence-electron chi connectivity index (χ0n) is 20.1. The summed E-state index contributed by atoms with van der Waals surface area (Å²) in [6, 6.07) is 7.60. The Morgan fingerprint density at radius 3 is 1.88 bits per heavy atom. The van der Waals surface area contributed by atoms with Gasteiger partial charge >= 0.3 is 11.9 Å². The summed E-state index contributed by atoms with van der Waals surface area (Å²) in [5, 5.41) is 18.8. The lowest BCUT2D eigenvalue weighted by atomic mass is 9.86. The summed E-state index contributed by atoms with van der Waals surface area (Å²) in [6.07, 6.45) is 5.79. The third-order valence-corrected chi connectivity index (χ3v) is 5.87. The zero-order valence-corrected chi connectivity index (χ0v) is 20.1. The van der Waals surface area contributed by atoms with Gasteiger partial charge in [-0.3, -0.25) is 9.59 Å². The van der Waals surface area contributed by atoms with Gasteiger partial charge in [0, 0.05) is 19.3 Å². The molecule has 0 aliphatic rings. The van der Waals surface area contributed by atoms with E-state index in [1.54, 1.807) is 19.9 Å². The van der Waals surface area contributed by atoms with Crippen LogP contribution in [-0.2, 0) is 28.9 Å². The van der Waals surface area contributed by atoms with Crippen molar-refractivity contribution in [3.63, 3.8) is 0 Å². The summed E-state index contributed by atoms with van der Waals surface area (Å²) >= 11 is 0. The topological polar surface area (TPSA) is 101 Å². The second-order valence-corrected chi connectivity index (χ2v) is 10.6. The van der Waals surface area contributed by atoms with E-state index in [-0.39, 0.29) is 5.41 Å². The summed E-state index contributed by atoms with van der Waals surface area (Å²) in [5.74, 6) is 0.878. The number of carboxylic acid groups (broad SMARTS) is 2. The van der Waals surface area contributed by atoms with Crippen molar-refractivity contribution in [1.82, 2.24) is 0 Å². The van der Waals surface area contributed by atoms with Crippen LogP contribution in [0.1, 0.15) is 95.7 Å². The molecule has 0 radical (unpaired) electrons. The summed E-state index contributed by atoms with van der Waals surface area (Å²) in [7, 11) is 0. The predicted octanol–water partition coefficient (Wildman–Crippen LogP) is 6.48. The second kappa shape index (κ2) is 10.9. The molecule has 32 heavy (non-hydrogen) atoms. The fraction of sp³-hybridized carbons (Fsp3) is 0.615. The Balaban J connectivity index is 1.80. The molecule has 1 unspecified atom stereocenters. The number of carboxylic acids is 2. The van der Waals surface area contributed by atoms with E-state index in [0.717, 1.165) is 49.4 Å². The molecule has 0 aromatic carbocycles. The zero-order chi connectivity index (χ0) is 23.9. The minimum absolute atomic E-state index is 0.0808. The van der Waals surface area contributed by atoms with Crippen molar-refractivity contribution < 1.29 is 28.6 Å². The first kappa shape index (κ1) is 25.8. The smallest absolute Gasteiger partial charge is 0.314 e. The lowest BCUT2D eigenvalue weighted by Crippen LogP contribution is -2.23. The van der Waals surface area contributed by atoms with E-state index in [1.165, 1.54) is 0 Å². The summed E-state index contributed by atoms with van der Waals surface area (Å²) in [5.41, 5.74) is -0.638. The van der Waals surface area contributed by atoms with Crippen LogP contribution in [0.25, 0.3) is 0 Å². The van der Waals surface area contributed by atoms with Crippen molar-refractivity contribution in [2.45, 2.75) is 91.9 Å². The largest absolute Gasteiger partial charge is 0.481 e. The Bertz CT molecular complexity index is 880. The van der Waals surface area contributed by atoms with Gasteiger partial charge in [-0.1, -0.05) is 20.8 Å². The summed E-state index contributed by atoms with van der Waals surface area (Å²) in [4.78, 5) is 22.9. The van der Waals surface area contributed by atoms with Crippen LogP contribution < -0.4 is 0 Å². The van der Waals surface area contributed by atoms with Crippen molar-refractivity contribution in [3.8, 4) is 0 Å². The molecule has 0 spiro atoms. The number of furan rings is 2. The molecule has 2 heterocycles. The van der Waals surface area contributed by atoms with Crippen LogP contribution in [0.15, 0.2) is 33.1 Å². The fourth-order valence-corrected chi connectivity index (χ4v) is 3.62. The maximum atomic E-state index is 11.7. The Morgan fingerprint density at radius 2 is 1.34 bits per heavy atom. The quantitative estimate of drug-likeness (QED) is 0.365. The number of aryl methyl sites for hydroxylation is 3. The van der Waals surface area contributed by atoms with Gasteiger partial charge < -0.3 is 19.0 Å². The van der Waals surface area contributed by atoms with Gasteiger partial charge in [-0.2, -0.15) is 0 Å². The number of hydrogen-bond acceptors (Lipinski definition) is 4. The number of aliphatic carboxylic acids is 2. The highest BCUT2D eigenvalue weighted by Crippen LogP contribution is 2.30. The molecule has 0 aliphatic carbocycles. The molecule has 2 aromatic rings. The maximum absolute atomic E-state index is 11.7. The molecular weight excluding hydrogens is 408 g/mol. The standard InChI is InChI=1S/C26H38O6/c1-25(2,3)17-15-21(23(27)28)22-14-13-20(32-22)9-6-8-18-11-12-19(31-18)10-7-16-26(4,5)24(29)30/h11-14,21H,6-10,15-17H2,1-5H3,(H,27,28)(H,29,30). The Hall–Kier alpha value is -2.50. The lowest BCUT2D eigenvalue weighted by Gasteiger charge is -2.20. The molecular formula is C26H38O6. The molecule has 2 aromatic heterocycles. The van der Waals surface area contributed by atoms with Gasteiger partial charge in [0.1, 0.15) is 29.0 Å². The average molecular weight is 447 g/mol. The van der Waals surface area contributed by atoms with Gasteiger partial charge in [0.15, 0.2) is 0 Å². The Kier molecular flexibility index (Phi) is 8.76. The van der Waals surface area contributed by atoms with Gasteiger partial charge in [0.05, 0.1) is 5.41 Å². The second-order valence-electron chi connectivity index (χ2n) is 10.6. The minimum Gasteiger partial charge on any atom is -0.481 e. The van der Waals surface area contributed by atoms with E-state index >= 15 is 0 Å². The molecule has 6 heteroatoms. The van der Waals surface area contributed by atoms with Crippen LogP contribution in [0.2, 0.25) is 0 Å². The highest BCUT2D eigenvalue weighted by Gasteiger charge is 2.27. The predicted molar refractivity (Wildman–Crippen MR) is 123 cm³/mol. The molecule has 0 amide bonds. The van der Waals surface area contributed by atoms with Crippen molar-refractivity contribution in [2.75, 3.05) is 0 Å². The van der Waals surface area contributed by atoms with Crippen LogP contribution in [0, 0.1) is 10.8 Å². The molecule has 6 nitrogen and oxygen atoms in total. The first-order valence-electron chi connectivity index (χ1n) is 11.5. The molecule has 0 aliphatic heterocycles. The third kappa shape index (κ3) is 8.21. The number of rotatable bonds is 13. The molecule has 0 saturated heterocycles. The monoisotopic (exact) mass is 446 g/mol. The first-order valence-corrected chi connectivity index (χ1v) is 11.5. The highest BCUT2D eigenvalue weighted by molar-refractivity contribution is 5.75. The van der Waals surface area contributed by atoms with Crippen LogP contribution in [-0.4, -0.2) is 22.2 Å². The van der Waals surface area contributed by atoms with E-state index in [2.05, 4.69) is 20.8 Å². The Morgan fingerprint density at radius 1 is 0.812 bits per heavy atom. The van der Waals surface area contributed by atoms with Gasteiger partial charge in [-0.25, -0.2) is 0 Å². The highest BCUT2D eigenvalue weighted by atomic mass is 16.4. The van der Waals surface area contributed by atoms with Crippen LogP contribution in [0.5, 0.6) is 0 Å². The molecule has 1 atom stereocenters. The minimum atomic E-state index is -0.843. The molecule has 0 saturated carbocycles. The molecule has 0 fully saturated rings. The molecule has 2 rings (SSSR count). The first-order chi connectivity index (χ1) is 14.9. The van der Waals surface area contributed by atoms with Crippen LogP contribution in [0.4, 0.5) is 0 Å². The van der Waals surface area contributed by atoms with Crippen molar-refractivity contribution in [3.05, 3.63) is 47.3 Å². The van der Waals surface area contributed by atoms with Crippen molar-refractivity contribution in [2.24, 2.45) is 10.8 Å². The summed E-state index contributed by atoms with van der Waals surface area (Å²) < 4.78 is 11.7. The lowest BCUT2D eigenvalue weighted by molar-refractivity contribution is -0.147. The van der Waals surface area contributed by atoms with E-state index in [9.17, 15) is 19.8 Å². The van der Waals surface area contributed by atoms with Crippen molar-refractivity contribution >= 4 is 11.9 Å². The van der Waals surface area contributed by atoms with Crippen LogP contribution >= 0.6 is 0 Å². The average Bonchev–Trinajstić information content (AvgIpc) is 3.30. The van der Waals surface area contributed by atoms with E-state index < -0.39 is 23.3 Å². The number of carbonyl (C=O) groups is 2. The molecule has 2 N–H and O–H groups in total. The Labute approximate surface area is 191 Å². The van der Waals surface area contributed by atoms with E-state index in [4.69, 9.17) is 8.83 Å². The maximum Gasteiger partial charge on any atom is 0.314 e. The van der Waals surface area contributed by atoms with Gasteiger partial charge in [0.2, 0.25) is 0 Å². The molecule has 0 bridgehead atoms. The van der Waals surface area contributed by atoms with Gasteiger partial charge in [0.25, 0.3) is 0 Å². The van der Waals surface area contributed by atoms with E-state index in [0.29, 0.717) is 25.0 Å². The number of hydrogen-bond donors (Lipinski definition) is 2. The summed E-state index contributed by atoms with van der Waals surface area (Å²) in [6.45, 7) is 9.81. The normalized spacial score (nSPS) is 13.3. The molecule has 178 valence electrons. The SMILES string of the molecule is CC(C)(C)CCC(C(=O)O)c1ccc(CCCc2ccc(CCCC(C)(C)C(=O)O)o2)o1. The fourth-order valence-electron chi connectivity index (χ4n) is 3.62. The van der Waals surface area contributed by atoms with Gasteiger partial charge in [-0.05, 0) is 75.6 Å². The van der Waals surface area contributed by atoms with Crippen LogP contribution in [0.3, 0.4) is 0 Å². The van der Waals surface area contributed by atoms with E-state index in [1.807, 2.05) is 18.2 Å². The van der Waals surface area contributed by atoms with Gasteiger partial charge in [-0.15, -0.1) is 0 Å². The van der Waals surface area contributed by atoms with Crippen molar-refractivity contribution in [1.29, 1.82) is 0 Å². The third-order valence-electron chi connectivity index (χ3n) is 5.87.